The molecular formula is C20H24ClN5O. The smallest absolute Gasteiger partial charge is 0.229 e. The molecular weight excluding hydrogens is 362 g/mol. The highest BCUT2D eigenvalue weighted by molar-refractivity contribution is 6.33. The highest BCUT2D eigenvalue weighted by Crippen LogP contribution is 2.31. The number of pyridine rings is 2. The predicted octanol–water partition coefficient (Wildman–Crippen LogP) is 3.56. The normalized spacial score (nSPS) is 19.5. The number of nitrogens with zero attached hydrogens (tertiary/aromatic N) is 2. The number of rotatable bonds is 6. The zero-order valence-corrected chi connectivity index (χ0v) is 15.9. The van der Waals surface area contributed by atoms with E-state index in [0.29, 0.717) is 17.4 Å². The molecule has 2 fully saturated rings. The zero-order valence-electron chi connectivity index (χ0n) is 15.2. The Labute approximate surface area is 164 Å². The van der Waals surface area contributed by atoms with Crippen LogP contribution in [0, 0.1) is 11.8 Å². The Morgan fingerprint density at radius 3 is 2.93 bits per heavy atom. The molecule has 1 saturated heterocycles. The van der Waals surface area contributed by atoms with Crippen LogP contribution in [0.15, 0.2) is 30.5 Å². The number of hydrogen-bond acceptors (Lipinski definition) is 5. The third kappa shape index (κ3) is 4.76. The van der Waals surface area contributed by atoms with Crippen molar-refractivity contribution in [1.29, 1.82) is 0 Å². The van der Waals surface area contributed by atoms with E-state index >= 15 is 0 Å². The molecule has 0 bridgehead atoms. The Morgan fingerprint density at radius 2 is 2.15 bits per heavy atom. The molecule has 3 N–H and O–H groups in total. The summed E-state index contributed by atoms with van der Waals surface area (Å²) >= 11 is 6.36. The van der Waals surface area contributed by atoms with Gasteiger partial charge in [-0.3, -0.25) is 4.79 Å². The minimum absolute atomic E-state index is 0.00391. The summed E-state index contributed by atoms with van der Waals surface area (Å²) in [6.07, 6.45) is 6.07. The van der Waals surface area contributed by atoms with Crippen molar-refractivity contribution in [3.8, 4) is 11.3 Å². The molecule has 2 aromatic heterocycles. The van der Waals surface area contributed by atoms with Gasteiger partial charge in [0.25, 0.3) is 0 Å². The Morgan fingerprint density at radius 1 is 1.26 bits per heavy atom. The summed E-state index contributed by atoms with van der Waals surface area (Å²) in [5.74, 6) is 2.09. The van der Waals surface area contributed by atoms with Crippen LogP contribution < -0.4 is 16.0 Å². The van der Waals surface area contributed by atoms with Crippen LogP contribution in [0.25, 0.3) is 11.3 Å². The van der Waals surface area contributed by atoms with Gasteiger partial charge in [0.2, 0.25) is 5.91 Å². The van der Waals surface area contributed by atoms with Gasteiger partial charge in [-0.15, -0.1) is 0 Å². The first-order valence-corrected chi connectivity index (χ1v) is 9.95. The lowest BCUT2D eigenvalue weighted by Gasteiger charge is -2.21. The number of amides is 1. The van der Waals surface area contributed by atoms with Gasteiger partial charge in [0.05, 0.1) is 16.6 Å². The lowest BCUT2D eigenvalue weighted by atomic mass is 9.99. The molecule has 4 rings (SSSR count). The first-order valence-electron chi connectivity index (χ1n) is 9.57. The standard InChI is InChI=1S/C20H24ClN5O/c21-16-12-24-19(26-20(27)14-3-2-8-22-11-14)9-15(16)17-4-1-5-18(25-17)23-10-13-6-7-13/h1,4-5,9,12-14,22H,2-3,6-8,10-11H2,(H,23,25)(H,24,26,27). The van der Waals surface area contributed by atoms with E-state index in [1.165, 1.54) is 12.8 Å². The van der Waals surface area contributed by atoms with E-state index in [1.807, 2.05) is 18.2 Å². The molecule has 27 heavy (non-hydrogen) atoms. The largest absolute Gasteiger partial charge is 0.370 e. The first kappa shape index (κ1) is 18.2. The van der Waals surface area contributed by atoms with Gasteiger partial charge >= 0.3 is 0 Å². The number of carbonyl (C=O) groups is 1. The molecule has 7 heteroatoms. The third-order valence-corrected chi connectivity index (χ3v) is 5.37. The van der Waals surface area contributed by atoms with Crippen molar-refractivity contribution < 1.29 is 4.79 Å². The number of aromatic nitrogens is 2. The number of piperidine rings is 1. The van der Waals surface area contributed by atoms with E-state index in [0.717, 1.165) is 48.9 Å². The molecule has 6 nitrogen and oxygen atoms in total. The van der Waals surface area contributed by atoms with Crippen molar-refractivity contribution in [3.05, 3.63) is 35.5 Å². The first-order chi connectivity index (χ1) is 13.2. The molecule has 2 aliphatic rings. The SMILES string of the molecule is O=C(Nc1cc(-c2cccc(NCC3CC3)n2)c(Cl)cn1)C1CCCNC1. The predicted molar refractivity (Wildman–Crippen MR) is 108 cm³/mol. The lowest BCUT2D eigenvalue weighted by Crippen LogP contribution is -2.37. The highest BCUT2D eigenvalue weighted by Gasteiger charge is 2.22. The molecule has 0 aromatic carbocycles. The molecule has 0 radical (unpaired) electrons. The minimum Gasteiger partial charge on any atom is -0.370 e. The Kier molecular flexibility index (Phi) is 5.55. The lowest BCUT2D eigenvalue weighted by molar-refractivity contribution is -0.120. The zero-order chi connectivity index (χ0) is 18.6. The quantitative estimate of drug-likeness (QED) is 0.708. The van der Waals surface area contributed by atoms with Gasteiger partial charge in [0, 0.05) is 24.8 Å². The summed E-state index contributed by atoms with van der Waals surface area (Å²) in [7, 11) is 0. The second kappa shape index (κ2) is 8.23. The van der Waals surface area contributed by atoms with Gasteiger partial charge in [-0.25, -0.2) is 9.97 Å². The maximum absolute atomic E-state index is 12.5. The number of hydrogen-bond donors (Lipinski definition) is 3. The molecule has 1 atom stereocenters. The van der Waals surface area contributed by atoms with Crippen LogP contribution in [0.1, 0.15) is 25.7 Å². The second-order valence-corrected chi connectivity index (χ2v) is 7.72. The van der Waals surface area contributed by atoms with E-state index in [9.17, 15) is 4.79 Å². The number of nitrogens with one attached hydrogen (secondary N) is 3. The van der Waals surface area contributed by atoms with Crippen LogP contribution in [-0.2, 0) is 4.79 Å². The molecule has 2 aromatic rings. The topological polar surface area (TPSA) is 78.9 Å². The van der Waals surface area contributed by atoms with Crippen molar-refractivity contribution in [1.82, 2.24) is 15.3 Å². The van der Waals surface area contributed by atoms with Gasteiger partial charge in [0.15, 0.2) is 0 Å². The van der Waals surface area contributed by atoms with E-state index in [-0.39, 0.29) is 11.8 Å². The Bertz CT molecular complexity index is 818. The number of anilines is 2. The molecule has 0 spiro atoms. The molecule has 1 aliphatic heterocycles. The average Bonchev–Trinajstić information content (AvgIpc) is 3.53. The fourth-order valence-corrected chi connectivity index (χ4v) is 3.46. The summed E-state index contributed by atoms with van der Waals surface area (Å²) in [6, 6.07) is 7.63. The second-order valence-electron chi connectivity index (χ2n) is 7.31. The van der Waals surface area contributed by atoms with Gasteiger partial charge in [-0.1, -0.05) is 17.7 Å². The summed E-state index contributed by atoms with van der Waals surface area (Å²) in [5.41, 5.74) is 1.52. The minimum atomic E-state index is -0.0206. The van der Waals surface area contributed by atoms with Crippen LogP contribution >= 0.6 is 11.6 Å². The van der Waals surface area contributed by atoms with Crippen molar-refractivity contribution in [2.24, 2.45) is 11.8 Å². The number of halogens is 1. The molecule has 1 amide bonds. The van der Waals surface area contributed by atoms with E-state index < -0.39 is 0 Å². The molecule has 3 heterocycles. The molecule has 142 valence electrons. The maximum Gasteiger partial charge on any atom is 0.229 e. The van der Waals surface area contributed by atoms with Crippen LogP contribution in [-0.4, -0.2) is 35.5 Å². The highest BCUT2D eigenvalue weighted by atomic mass is 35.5. The molecule has 1 unspecified atom stereocenters. The average molecular weight is 386 g/mol. The van der Waals surface area contributed by atoms with E-state index in [2.05, 4.69) is 25.9 Å². The fourth-order valence-electron chi connectivity index (χ4n) is 3.26. The summed E-state index contributed by atoms with van der Waals surface area (Å²) < 4.78 is 0. The fraction of sp³-hybridized carbons (Fsp3) is 0.450. The van der Waals surface area contributed by atoms with Crippen LogP contribution in [0.4, 0.5) is 11.6 Å². The summed E-state index contributed by atoms with van der Waals surface area (Å²) in [4.78, 5) is 21.4. The molecule has 1 aliphatic carbocycles. The van der Waals surface area contributed by atoms with Gasteiger partial charge in [-0.05, 0) is 56.3 Å². The van der Waals surface area contributed by atoms with Gasteiger partial charge < -0.3 is 16.0 Å². The van der Waals surface area contributed by atoms with Crippen molar-refractivity contribution in [3.63, 3.8) is 0 Å². The Balaban J connectivity index is 1.49. The third-order valence-electron chi connectivity index (χ3n) is 5.07. The van der Waals surface area contributed by atoms with Crippen molar-refractivity contribution in [2.75, 3.05) is 30.3 Å². The van der Waals surface area contributed by atoms with E-state index in [4.69, 9.17) is 11.6 Å². The van der Waals surface area contributed by atoms with E-state index in [1.54, 1.807) is 12.3 Å². The monoisotopic (exact) mass is 385 g/mol. The van der Waals surface area contributed by atoms with Gasteiger partial charge in [0.1, 0.15) is 11.6 Å². The molecule has 1 saturated carbocycles. The number of carbonyl (C=O) groups excluding carboxylic acids is 1. The maximum atomic E-state index is 12.5. The van der Waals surface area contributed by atoms with Crippen LogP contribution in [0.5, 0.6) is 0 Å². The summed E-state index contributed by atoms with van der Waals surface area (Å²) in [5, 5.41) is 10.1. The van der Waals surface area contributed by atoms with Crippen molar-refractivity contribution >= 4 is 29.1 Å². The summed E-state index contributed by atoms with van der Waals surface area (Å²) in [6.45, 7) is 2.64. The van der Waals surface area contributed by atoms with Crippen LogP contribution in [0.3, 0.4) is 0 Å². The van der Waals surface area contributed by atoms with Gasteiger partial charge in [-0.2, -0.15) is 0 Å². The Hall–Kier alpha value is -2.18. The van der Waals surface area contributed by atoms with Crippen LogP contribution in [0.2, 0.25) is 5.02 Å². The van der Waals surface area contributed by atoms with Crippen molar-refractivity contribution in [2.45, 2.75) is 25.7 Å².